The van der Waals surface area contributed by atoms with E-state index in [0.717, 1.165) is 34.3 Å². The van der Waals surface area contributed by atoms with Crippen LogP contribution in [0.5, 0.6) is 5.75 Å². The zero-order valence-electron chi connectivity index (χ0n) is 18.2. The second-order valence-electron chi connectivity index (χ2n) is 8.66. The number of nitrogens with one attached hydrogen (secondary N) is 3. The summed E-state index contributed by atoms with van der Waals surface area (Å²) in [6.45, 7) is 1.35. The fourth-order valence-corrected chi connectivity index (χ4v) is 4.95. The Hall–Kier alpha value is -4.03. The molecule has 2 aromatic heterocycles. The standard InChI is InChI=1S/C27H24N4O2/c1-31-11-10-17-7-6-16(12-24(17)31)14-28-15-23-25(20-4-2-3-5-22(20)29-23)26-21-13-18(32)8-9-19(21)27(33)30-26/h2-13,26,28-29,32H,14-15H2,1H3,(H,30,33)/t26-/m0/s1. The van der Waals surface area contributed by atoms with E-state index in [9.17, 15) is 9.90 Å². The van der Waals surface area contributed by atoms with Crippen LogP contribution >= 0.6 is 0 Å². The monoisotopic (exact) mass is 436 g/mol. The van der Waals surface area contributed by atoms with Gasteiger partial charge in [-0.25, -0.2) is 0 Å². The van der Waals surface area contributed by atoms with Crippen molar-refractivity contribution in [1.82, 2.24) is 20.2 Å². The smallest absolute Gasteiger partial charge is 0.252 e. The van der Waals surface area contributed by atoms with Gasteiger partial charge in [0.05, 0.1) is 6.04 Å². The highest BCUT2D eigenvalue weighted by Gasteiger charge is 2.33. The largest absolute Gasteiger partial charge is 0.508 e. The zero-order valence-corrected chi connectivity index (χ0v) is 18.2. The molecule has 3 aromatic carbocycles. The molecule has 0 spiro atoms. The van der Waals surface area contributed by atoms with Crippen molar-refractivity contribution < 1.29 is 9.90 Å². The summed E-state index contributed by atoms with van der Waals surface area (Å²) in [6, 6.07) is 21.4. The molecule has 5 aromatic rings. The first-order valence-corrected chi connectivity index (χ1v) is 11.1. The van der Waals surface area contributed by atoms with Crippen molar-refractivity contribution in [2.45, 2.75) is 19.1 Å². The third-order valence-electron chi connectivity index (χ3n) is 6.57. The number of phenolic OH excluding ortho intramolecular Hbond substituents is 1. The highest BCUT2D eigenvalue weighted by molar-refractivity contribution is 6.01. The maximum Gasteiger partial charge on any atom is 0.252 e. The summed E-state index contributed by atoms with van der Waals surface area (Å²) in [6.07, 6.45) is 2.07. The molecule has 0 fully saturated rings. The summed E-state index contributed by atoms with van der Waals surface area (Å²) >= 11 is 0. The molecule has 0 radical (unpaired) electrons. The molecule has 0 saturated carbocycles. The van der Waals surface area contributed by atoms with Gasteiger partial charge in [0.2, 0.25) is 0 Å². The first kappa shape index (κ1) is 19.6. The fourth-order valence-electron chi connectivity index (χ4n) is 4.95. The number of benzene rings is 3. The molecular formula is C27H24N4O2. The maximum atomic E-state index is 12.6. The second-order valence-corrected chi connectivity index (χ2v) is 8.66. The summed E-state index contributed by atoms with van der Waals surface area (Å²) < 4.78 is 2.13. The Morgan fingerprint density at radius 3 is 2.82 bits per heavy atom. The summed E-state index contributed by atoms with van der Waals surface area (Å²) in [5.74, 6) is 0.0425. The number of aryl methyl sites for hydroxylation is 1. The van der Waals surface area contributed by atoms with Gasteiger partial charge < -0.3 is 25.3 Å². The molecule has 1 atom stereocenters. The average Bonchev–Trinajstić information content (AvgIpc) is 3.47. The molecule has 0 bridgehead atoms. The number of para-hydroxylation sites is 1. The molecule has 6 heteroatoms. The number of H-pyrrole nitrogens is 1. The van der Waals surface area contributed by atoms with Crippen LogP contribution < -0.4 is 10.6 Å². The van der Waals surface area contributed by atoms with Crippen LogP contribution in [0.15, 0.2) is 72.9 Å². The van der Waals surface area contributed by atoms with Crippen molar-refractivity contribution in [3.05, 3.63) is 101 Å². The summed E-state index contributed by atoms with van der Waals surface area (Å²) in [5.41, 5.74) is 6.93. The predicted octanol–water partition coefficient (Wildman–Crippen LogP) is 4.49. The molecule has 0 aliphatic carbocycles. The Bertz CT molecular complexity index is 1530. The van der Waals surface area contributed by atoms with E-state index in [1.165, 1.54) is 16.5 Å². The van der Waals surface area contributed by atoms with E-state index in [-0.39, 0.29) is 17.7 Å². The Balaban J connectivity index is 1.33. The van der Waals surface area contributed by atoms with Crippen LogP contribution in [0.2, 0.25) is 0 Å². The number of aromatic amines is 1. The quantitative estimate of drug-likeness (QED) is 0.328. The minimum absolute atomic E-state index is 0.116. The van der Waals surface area contributed by atoms with Gasteiger partial charge in [0.15, 0.2) is 0 Å². The van der Waals surface area contributed by atoms with Crippen LogP contribution in [0.3, 0.4) is 0 Å². The first-order chi connectivity index (χ1) is 16.1. The van der Waals surface area contributed by atoms with Crippen molar-refractivity contribution in [2.24, 2.45) is 7.05 Å². The Morgan fingerprint density at radius 2 is 1.91 bits per heavy atom. The van der Waals surface area contributed by atoms with E-state index < -0.39 is 0 Å². The summed E-state index contributed by atoms with van der Waals surface area (Å²) in [5, 5.41) is 19.0. The van der Waals surface area contributed by atoms with Gasteiger partial charge >= 0.3 is 0 Å². The lowest BCUT2D eigenvalue weighted by Gasteiger charge is -2.15. The maximum absolute atomic E-state index is 12.6. The number of carbonyl (C=O) groups excluding carboxylic acids is 1. The molecular weight excluding hydrogens is 412 g/mol. The van der Waals surface area contributed by atoms with E-state index in [0.29, 0.717) is 12.1 Å². The first-order valence-electron chi connectivity index (χ1n) is 11.1. The Morgan fingerprint density at radius 1 is 1.03 bits per heavy atom. The van der Waals surface area contributed by atoms with E-state index in [2.05, 4.69) is 63.8 Å². The summed E-state index contributed by atoms with van der Waals surface area (Å²) in [4.78, 5) is 16.2. The van der Waals surface area contributed by atoms with Crippen LogP contribution in [0.25, 0.3) is 21.8 Å². The number of rotatable bonds is 5. The minimum Gasteiger partial charge on any atom is -0.508 e. The predicted molar refractivity (Wildman–Crippen MR) is 129 cm³/mol. The number of fused-ring (bicyclic) bond motifs is 3. The topological polar surface area (TPSA) is 82.1 Å². The lowest BCUT2D eigenvalue weighted by atomic mass is 9.95. The van der Waals surface area contributed by atoms with Crippen LogP contribution in [-0.4, -0.2) is 20.6 Å². The summed E-state index contributed by atoms with van der Waals surface area (Å²) in [7, 11) is 2.06. The van der Waals surface area contributed by atoms with Crippen LogP contribution in [0.1, 0.15) is 38.8 Å². The molecule has 3 heterocycles. The van der Waals surface area contributed by atoms with E-state index in [4.69, 9.17) is 0 Å². The van der Waals surface area contributed by atoms with Gasteiger partial charge in [-0.2, -0.15) is 0 Å². The van der Waals surface area contributed by atoms with Crippen LogP contribution in [0, 0.1) is 0 Å². The molecule has 1 amide bonds. The van der Waals surface area contributed by atoms with Gasteiger partial charge in [-0.05, 0) is 52.9 Å². The fraction of sp³-hybridized carbons (Fsp3) is 0.148. The number of amides is 1. The normalized spacial score (nSPS) is 15.3. The zero-order chi connectivity index (χ0) is 22.5. The van der Waals surface area contributed by atoms with Crippen molar-refractivity contribution >= 4 is 27.7 Å². The average molecular weight is 437 g/mol. The number of aromatic hydroxyl groups is 1. The molecule has 164 valence electrons. The van der Waals surface area contributed by atoms with Crippen molar-refractivity contribution in [2.75, 3.05) is 0 Å². The molecule has 0 unspecified atom stereocenters. The lowest BCUT2D eigenvalue weighted by molar-refractivity contribution is 0.0960. The highest BCUT2D eigenvalue weighted by atomic mass is 16.3. The molecule has 0 saturated heterocycles. The number of hydrogen-bond donors (Lipinski definition) is 4. The van der Waals surface area contributed by atoms with Crippen molar-refractivity contribution in [3.63, 3.8) is 0 Å². The number of phenols is 1. The van der Waals surface area contributed by atoms with E-state index in [1.54, 1.807) is 18.2 Å². The van der Waals surface area contributed by atoms with E-state index >= 15 is 0 Å². The van der Waals surface area contributed by atoms with Gasteiger partial charge in [0.25, 0.3) is 5.91 Å². The molecule has 4 N–H and O–H groups in total. The number of aromatic nitrogens is 2. The molecule has 1 aliphatic heterocycles. The third-order valence-corrected chi connectivity index (χ3v) is 6.57. The lowest BCUT2D eigenvalue weighted by Crippen LogP contribution is -2.22. The van der Waals surface area contributed by atoms with Crippen LogP contribution in [-0.2, 0) is 20.1 Å². The van der Waals surface area contributed by atoms with Crippen molar-refractivity contribution in [1.29, 1.82) is 0 Å². The second kappa shape index (κ2) is 7.53. The number of nitrogens with zero attached hydrogens (tertiary/aromatic N) is 1. The number of hydrogen-bond acceptors (Lipinski definition) is 3. The van der Waals surface area contributed by atoms with Crippen molar-refractivity contribution in [3.8, 4) is 5.75 Å². The molecule has 6 nitrogen and oxygen atoms in total. The molecule has 33 heavy (non-hydrogen) atoms. The van der Waals surface area contributed by atoms with Gasteiger partial charge in [-0.1, -0.05) is 30.3 Å². The van der Waals surface area contributed by atoms with Gasteiger partial charge in [-0.3, -0.25) is 4.79 Å². The molecule has 1 aliphatic rings. The van der Waals surface area contributed by atoms with Gasteiger partial charge in [0.1, 0.15) is 5.75 Å². The number of carbonyl (C=O) groups is 1. The Labute approximate surface area is 190 Å². The molecule has 6 rings (SSSR count). The van der Waals surface area contributed by atoms with Crippen LogP contribution in [0.4, 0.5) is 0 Å². The van der Waals surface area contributed by atoms with Gasteiger partial charge in [0, 0.05) is 59.6 Å². The SMILES string of the molecule is Cn1ccc2ccc(CNCc3[nH]c4ccccc4c3[C@H]3NC(=O)c4ccc(O)cc43)cc21. The van der Waals surface area contributed by atoms with Gasteiger partial charge in [-0.15, -0.1) is 0 Å². The van der Waals surface area contributed by atoms with E-state index in [1.807, 2.05) is 18.2 Å². The Kier molecular flexibility index (Phi) is 4.48. The highest BCUT2D eigenvalue weighted by Crippen LogP contribution is 2.38. The third kappa shape index (κ3) is 3.27. The minimum atomic E-state index is -0.313.